The van der Waals surface area contributed by atoms with Gasteiger partial charge in [0, 0.05) is 18.8 Å². The molecule has 1 aliphatic heterocycles. The highest BCUT2D eigenvalue weighted by Gasteiger charge is 2.13. The molecule has 1 fully saturated rings. The van der Waals surface area contributed by atoms with Gasteiger partial charge in [0.2, 0.25) is 0 Å². The molecule has 0 radical (unpaired) electrons. The van der Waals surface area contributed by atoms with Crippen LogP contribution in [-0.2, 0) is 4.74 Å². The molecule has 1 atom stereocenters. The van der Waals surface area contributed by atoms with Crippen molar-refractivity contribution >= 4 is 5.69 Å². The van der Waals surface area contributed by atoms with E-state index in [0.29, 0.717) is 5.92 Å². The molecule has 1 aromatic rings. The predicted molar refractivity (Wildman–Crippen MR) is 67.9 cm³/mol. The summed E-state index contributed by atoms with van der Waals surface area (Å²) in [7, 11) is 0. The third kappa shape index (κ3) is 2.99. The summed E-state index contributed by atoms with van der Waals surface area (Å²) in [5, 5.41) is 3.53. The maximum atomic E-state index is 5.48. The summed E-state index contributed by atoms with van der Waals surface area (Å²) in [6.07, 6.45) is 2.50. The Labute approximate surface area is 98.0 Å². The van der Waals surface area contributed by atoms with Crippen molar-refractivity contribution in [1.82, 2.24) is 0 Å². The Bertz CT molecular complexity index is 343. The molecule has 16 heavy (non-hydrogen) atoms. The van der Waals surface area contributed by atoms with Crippen molar-refractivity contribution < 1.29 is 4.74 Å². The van der Waals surface area contributed by atoms with Crippen LogP contribution in [0.2, 0.25) is 0 Å². The van der Waals surface area contributed by atoms with Gasteiger partial charge in [0.15, 0.2) is 0 Å². The molecule has 2 rings (SSSR count). The monoisotopic (exact) mass is 219 g/mol. The third-order valence-corrected chi connectivity index (χ3v) is 3.22. The van der Waals surface area contributed by atoms with E-state index >= 15 is 0 Å². The lowest BCUT2D eigenvalue weighted by Gasteiger charge is -2.23. The normalized spacial score (nSPS) is 20.8. The van der Waals surface area contributed by atoms with E-state index in [-0.39, 0.29) is 0 Å². The Kier molecular flexibility index (Phi) is 3.83. The molecule has 0 bridgehead atoms. The molecule has 2 nitrogen and oxygen atoms in total. The van der Waals surface area contributed by atoms with Crippen molar-refractivity contribution in [3.63, 3.8) is 0 Å². The fourth-order valence-corrected chi connectivity index (χ4v) is 2.23. The van der Waals surface area contributed by atoms with E-state index in [2.05, 4.69) is 37.4 Å². The largest absolute Gasteiger partial charge is 0.384 e. The molecular formula is C14H21NO. The van der Waals surface area contributed by atoms with Gasteiger partial charge < -0.3 is 10.1 Å². The first-order chi connectivity index (χ1) is 7.75. The molecule has 1 aromatic carbocycles. The highest BCUT2D eigenvalue weighted by atomic mass is 16.5. The summed E-state index contributed by atoms with van der Waals surface area (Å²) in [6, 6.07) is 6.56. The Morgan fingerprint density at radius 1 is 1.38 bits per heavy atom. The summed E-state index contributed by atoms with van der Waals surface area (Å²) in [6.45, 7) is 7.18. The van der Waals surface area contributed by atoms with E-state index in [1.807, 2.05) is 0 Å². The Morgan fingerprint density at radius 3 is 2.94 bits per heavy atom. The topological polar surface area (TPSA) is 21.3 Å². The van der Waals surface area contributed by atoms with Crippen LogP contribution >= 0.6 is 0 Å². The zero-order chi connectivity index (χ0) is 11.4. The third-order valence-electron chi connectivity index (χ3n) is 3.22. The minimum atomic E-state index is 0.675. The molecular weight excluding hydrogens is 198 g/mol. The van der Waals surface area contributed by atoms with Gasteiger partial charge in [-0.3, -0.25) is 0 Å². The second kappa shape index (κ2) is 5.35. The number of hydrogen-bond acceptors (Lipinski definition) is 2. The van der Waals surface area contributed by atoms with Crippen LogP contribution in [0.15, 0.2) is 18.2 Å². The van der Waals surface area contributed by atoms with Crippen LogP contribution in [0, 0.1) is 19.8 Å². The molecule has 1 aliphatic rings. The van der Waals surface area contributed by atoms with Crippen LogP contribution in [0.25, 0.3) is 0 Å². The van der Waals surface area contributed by atoms with Gasteiger partial charge in [-0.1, -0.05) is 17.7 Å². The number of benzene rings is 1. The van der Waals surface area contributed by atoms with E-state index in [1.165, 1.54) is 29.7 Å². The molecule has 88 valence electrons. The standard InChI is InChI=1S/C14H21NO/c1-11-5-6-14(12(2)8-11)15-9-13-4-3-7-16-10-13/h5-6,8,13,15H,3-4,7,9-10H2,1-2H3. The van der Waals surface area contributed by atoms with Gasteiger partial charge in [-0.2, -0.15) is 0 Å². The summed E-state index contributed by atoms with van der Waals surface area (Å²) in [4.78, 5) is 0. The second-order valence-electron chi connectivity index (χ2n) is 4.78. The average molecular weight is 219 g/mol. The van der Waals surface area contributed by atoms with Gasteiger partial charge in [0.05, 0.1) is 6.61 Å². The van der Waals surface area contributed by atoms with Gasteiger partial charge in [0.25, 0.3) is 0 Å². The molecule has 1 unspecified atom stereocenters. The van der Waals surface area contributed by atoms with Crippen molar-refractivity contribution in [1.29, 1.82) is 0 Å². The highest BCUT2D eigenvalue weighted by Crippen LogP contribution is 2.18. The second-order valence-corrected chi connectivity index (χ2v) is 4.78. The molecule has 1 saturated heterocycles. The SMILES string of the molecule is Cc1ccc(NCC2CCCOC2)c(C)c1. The van der Waals surface area contributed by atoms with E-state index in [9.17, 15) is 0 Å². The van der Waals surface area contributed by atoms with Crippen LogP contribution in [0.1, 0.15) is 24.0 Å². The smallest absolute Gasteiger partial charge is 0.0511 e. The van der Waals surface area contributed by atoms with E-state index < -0.39 is 0 Å². The molecule has 2 heteroatoms. The number of hydrogen-bond donors (Lipinski definition) is 1. The minimum absolute atomic E-state index is 0.675. The maximum absolute atomic E-state index is 5.48. The zero-order valence-electron chi connectivity index (χ0n) is 10.3. The lowest BCUT2D eigenvalue weighted by molar-refractivity contribution is 0.0595. The molecule has 1 heterocycles. The highest BCUT2D eigenvalue weighted by molar-refractivity contribution is 5.51. The number of rotatable bonds is 3. The minimum Gasteiger partial charge on any atom is -0.384 e. The van der Waals surface area contributed by atoms with Crippen molar-refractivity contribution in [3.05, 3.63) is 29.3 Å². The molecule has 0 aliphatic carbocycles. The van der Waals surface area contributed by atoms with Gasteiger partial charge >= 0.3 is 0 Å². The van der Waals surface area contributed by atoms with Crippen molar-refractivity contribution in [2.45, 2.75) is 26.7 Å². The Hall–Kier alpha value is -1.02. The lowest BCUT2D eigenvalue weighted by atomic mass is 10.0. The van der Waals surface area contributed by atoms with Crippen molar-refractivity contribution in [3.8, 4) is 0 Å². The van der Waals surface area contributed by atoms with Crippen molar-refractivity contribution in [2.75, 3.05) is 25.1 Å². The van der Waals surface area contributed by atoms with E-state index in [1.54, 1.807) is 0 Å². The van der Waals surface area contributed by atoms with Gasteiger partial charge in [-0.15, -0.1) is 0 Å². The number of anilines is 1. The van der Waals surface area contributed by atoms with Gasteiger partial charge in [0.1, 0.15) is 0 Å². The number of ether oxygens (including phenoxy) is 1. The van der Waals surface area contributed by atoms with Gasteiger partial charge in [-0.05, 0) is 44.2 Å². The lowest BCUT2D eigenvalue weighted by Crippen LogP contribution is -2.24. The molecule has 1 N–H and O–H groups in total. The summed E-state index contributed by atoms with van der Waals surface area (Å²) in [5.74, 6) is 0.675. The first-order valence-corrected chi connectivity index (χ1v) is 6.14. The first-order valence-electron chi connectivity index (χ1n) is 6.14. The summed E-state index contributed by atoms with van der Waals surface area (Å²) in [5.41, 5.74) is 3.91. The van der Waals surface area contributed by atoms with Gasteiger partial charge in [-0.25, -0.2) is 0 Å². The van der Waals surface area contributed by atoms with Crippen molar-refractivity contribution in [2.24, 2.45) is 5.92 Å². The maximum Gasteiger partial charge on any atom is 0.0511 e. The van der Waals surface area contributed by atoms with E-state index in [4.69, 9.17) is 4.74 Å². The van der Waals surface area contributed by atoms with E-state index in [0.717, 1.165) is 19.8 Å². The Morgan fingerprint density at radius 2 is 2.25 bits per heavy atom. The zero-order valence-corrected chi connectivity index (χ0v) is 10.3. The summed E-state index contributed by atoms with van der Waals surface area (Å²) >= 11 is 0. The summed E-state index contributed by atoms with van der Waals surface area (Å²) < 4.78 is 5.48. The molecule has 0 spiro atoms. The number of aryl methyl sites for hydroxylation is 2. The molecule has 0 saturated carbocycles. The Balaban J connectivity index is 1.88. The van der Waals surface area contributed by atoms with Crippen LogP contribution in [-0.4, -0.2) is 19.8 Å². The van der Waals surface area contributed by atoms with Crippen LogP contribution in [0.5, 0.6) is 0 Å². The fraction of sp³-hybridized carbons (Fsp3) is 0.571. The predicted octanol–water partition coefficient (Wildman–Crippen LogP) is 3.14. The fourth-order valence-electron chi connectivity index (χ4n) is 2.23. The quantitative estimate of drug-likeness (QED) is 0.843. The molecule has 0 aromatic heterocycles. The van der Waals surface area contributed by atoms with Crippen LogP contribution in [0.4, 0.5) is 5.69 Å². The van der Waals surface area contributed by atoms with Crippen LogP contribution < -0.4 is 5.32 Å². The number of nitrogens with one attached hydrogen (secondary N) is 1. The first kappa shape index (κ1) is 11.5. The molecule has 0 amide bonds. The average Bonchev–Trinajstić information content (AvgIpc) is 2.29. The van der Waals surface area contributed by atoms with Crippen LogP contribution in [0.3, 0.4) is 0 Å².